The number of aliphatic imine (C=N–C) groups is 1. The number of hydrogen-bond donors (Lipinski definition) is 2. The second-order valence-corrected chi connectivity index (χ2v) is 8.80. The summed E-state index contributed by atoms with van der Waals surface area (Å²) in [5, 5.41) is 7.09. The summed E-state index contributed by atoms with van der Waals surface area (Å²) < 4.78 is 2.16. The van der Waals surface area contributed by atoms with Crippen LogP contribution in [0.15, 0.2) is 72.0 Å². The van der Waals surface area contributed by atoms with Crippen LogP contribution in [0, 0.1) is 6.92 Å². The van der Waals surface area contributed by atoms with Crippen molar-refractivity contribution >= 4 is 29.9 Å². The van der Waals surface area contributed by atoms with E-state index < -0.39 is 0 Å². The van der Waals surface area contributed by atoms with Crippen LogP contribution in [-0.4, -0.2) is 46.1 Å². The number of benzene rings is 2. The molecule has 0 saturated carbocycles. The minimum absolute atomic E-state index is 0. The highest BCUT2D eigenvalue weighted by Gasteiger charge is 2.20. The van der Waals surface area contributed by atoms with Gasteiger partial charge in [0.25, 0.3) is 0 Å². The molecule has 34 heavy (non-hydrogen) atoms. The number of likely N-dealkylation sites (tertiary alicyclic amines) is 1. The smallest absolute Gasteiger partial charge is 0.191 e. The summed E-state index contributed by atoms with van der Waals surface area (Å²) in [6.45, 7) is 9.78. The predicted molar refractivity (Wildman–Crippen MR) is 151 cm³/mol. The van der Waals surface area contributed by atoms with Crippen LogP contribution in [0.1, 0.15) is 42.3 Å². The van der Waals surface area contributed by atoms with Crippen molar-refractivity contribution in [3.8, 4) is 0 Å². The van der Waals surface area contributed by atoms with Gasteiger partial charge in [0.2, 0.25) is 0 Å². The van der Waals surface area contributed by atoms with Crippen molar-refractivity contribution in [2.75, 3.05) is 19.6 Å². The molecule has 0 radical (unpaired) electrons. The lowest BCUT2D eigenvalue weighted by molar-refractivity contribution is 0.198. The third-order valence-electron chi connectivity index (χ3n) is 6.21. The van der Waals surface area contributed by atoms with E-state index in [0.29, 0.717) is 12.6 Å². The predicted octanol–water partition coefficient (Wildman–Crippen LogP) is 4.58. The third kappa shape index (κ3) is 7.84. The molecular formula is C27H37IN6. The zero-order valence-electron chi connectivity index (χ0n) is 20.3. The van der Waals surface area contributed by atoms with Crippen molar-refractivity contribution in [2.24, 2.45) is 4.99 Å². The van der Waals surface area contributed by atoms with Crippen LogP contribution in [0.2, 0.25) is 0 Å². The fraction of sp³-hybridized carbons (Fsp3) is 0.407. The van der Waals surface area contributed by atoms with Crippen molar-refractivity contribution in [3.63, 3.8) is 0 Å². The molecule has 2 aromatic carbocycles. The van der Waals surface area contributed by atoms with Crippen LogP contribution < -0.4 is 10.6 Å². The van der Waals surface area contributed by atoms with Crippen molar-refractivity contribution in [1.29, 1.82) is 0 Å². The number of guanidine groups is 1. The summed E-state index contributed by atoms with van der Waals surface area (Å²) in [5.41, 5.74) is 3.89. The van der Waals surface area contributed by atoms with E-state index in [1.165, 1.54) is 16.7 Å². The normalized spacial score (nSPS) is 15.1. The van der Waals surface area contributed by atoms with E-state index in [1.54, 1.807) is 0 Å². The fourth-order valence-electron chi connectivity index (χ4n) is 4.35. The van der Waals surface area contributed by atoms with Gasteiger partial charge in [0, 0.05) is 51.2 Å². The summed E-state index contributed by atoms with van der Waals surface area (Å²) in [6.07, 6.45) is 6.15. The van der Waals surface area contributed by atoms with Crippen LogP contribution in [0.25, 0.3) is 0 Å². The molecule has 3 aromatic rings. The highest BCUT2D eigenvalue weighted by Crippen LogP contribution is 2.14. The topological polar surface area (TPSA) is 57.5 Å². The zero-order chi connectivity index (χ0) is 22.9. The van der Waals surface area contributed by atoms with E-state index in [4.69, 9.17) is 4.99 Å². The molecular weight excluding hydrogens is 535 g/mol. The number of nitrogens with one attached hydrogen (secondary N) is 2. The van der Waals surface area contributed by atoms with Gasteiger partial charge < -0.3 is 15.2 Å². The van der Waals surface area contributed by atoms with Crippen LogP contribution in [0.4, 0.5) is 0 Å². The first-order valence-electron chi connectivity index (χ1n) is 12.1. The summed E-state index contributed by atoms with van der Waals surface area (Å²) in [6, 6.07) is 19.9. The van der Waals surface area contributed by atoms with E-state index in [-0.39, 0.29) is 24.0 Å². The lowest BCUT2D eigenvalue weighted by Crippen LogP contribution is -2.48. The summed E-state index contributed by atoms with van der Waals surface area (Å²) >= 11 is 0. The number of piperidine rings is 1. The Kier molecular flexibility index (Phi) is 10.4. The number of nitrogens with zero attached hydrogens (tertiary/aromatic N) is 4. The van der Waals surface area contributed by atoms with E-state index >= 15 is 0 Å². The molecule has 7 heteroatoms. The molecule has 1 aromatic heterocycles. The molecule has 1 aliphatic heterocycles. The highest BCUT2D eigenvalue weighted by atomic mass is 127. The summed E-state index contributed by atoms with van der Waals surface area (Å²) in [5.74, 6) is 1.95. The van der Waals surface area contributed by atoms with Gasteiger partial charge in [-0.15, -0.1) is 24.0 Å². The summed E-state index contributed by atoms with van der Waals surface area (Å²) in [4.78, 5) is 11.7. The van der Waals surface area contributed by atoms with E-state index in [2.05, 4.69) is 86.6 Å². The largest absolute Gasteiger partial charge is 0.357 e. The Morgan fingerprint density at radius 3 is 2.44 bits per heavy atom. The first kappa shape index (κ1) is 26.2. The maximum atomic E-state index is 4.88. The molecule has 1 aliphatic rings. The second-order valence-electron chi connectivity index (χ2n) is 8.80. The second kappa shape index (κ2) is 13.5. The van der Waals surface area contributed by atoms with Crippen LogP contribution in [0.5, 0.6) is 0 Å². The Bertz CT molecular complexity index is 1020. The van der Waals surface area contributed by atoms with Gasteiger partial charge in [0.05, 0.1) is 6.54 Å². The minimum Gasteiger partial charge on any atom is -0.357 e. The maximum Gasteiger partial charge on any atom is 0.191 e. The number of imidazole rings is 1. The molecule has 2 N–H and O–H groups in total. The molecule has 1 fully saturated rings. The van der Waals surface area contributed by atoms with E-state index in [9.17, 15) is 0 Å². The standard InChI is InChI=1S/C27H36N6.HI/c1-3-28-27(31-26-12-15-32(16-13-26)20-23-8-5-4-6-9-23)30-19-24-10-7-11-25(18-24)21-33-17-14-29-22(33)2;/h4-11,14,17-18,26H,3,12-13,15-16,19-21H2,1-2H3,(H2,28,30,31);1H. The number of aryl methyl sites for hydroxylation is 1. The van der Waals surface area contributed by atoms with Crippen molar-refractivity contribution in [1.82, 2.24) is 25.1 Å². The minimum atomic E-state index is 0. The average Bonchev–Trinajstić information content (AvgIpc) is 3.24. The molecule has 6 nitrogen and oxygen atoms in total. The SMILES string of the molecule is CCNC(=NCc1cccc(Cn2ccnc2C)c1)NC1CCN(Cc2ccccc2)CC1.I. The zero-order valence-corrected chi connectivity index (χ0v) is 22.6. The van der Waals surface area contributed by atoms with Gasteiger partial charge in [-0.2, -0.15) is 0 Å². The Labute approximate surface area is 220 Å². The Balaban J connectivity index is 0.00000324. The van der Waals surface area contributed by atoms with Crippen LogP contribution in [-0.2, 0) is 19.6 Å². The van der Waals surface area contributed by atoms with E-state index in [1.807, 2.05) is 19.3 Å². The molecule has 2 heterocycles. The quantitative estimate of drug-likeness (QED) is 0.236. The van der Waals surface area contributed by atoms with Crippen molar-refractivity contribution in [2.45, 2.75) is 52.4 Å². The Morgan fingerprint density at radius 2 is 1.74 bits per heavy atom. The molecule has 0 atom stereocenters. The third-order valence-corrected chi connectivity index (χ3v) is 6.21. The van der Waals surface area contributed by atoms with E-state index in [0.717, 1.165) is 57.3 Å². The van der Waals surface area contributed by atoms with Gasteiger partial charge in [-0.3, -0.25) is 4.90 Å². The highest BCUT2D eigenvalue weighted by molar-refractivity contribution is 14.0. The molecule has 0 bridgehead atoms. The summed E-state index contributed by atoms with van der Waals surface area (Å²) in [7, 11) is 0. The first-order valence-corrected chi connectivity index (χ1v) is 12.1. The van der Waals surface area contributed by atoms with Gasteiger partial charge in [-0.1, -0.05) is 54.6 Å². The number of hydrogen-bond acceptors (Lipinski definition) is 3. The van der Waals surface area contributed by atoms with Crippen LogP contribution in [0.3, 0.4) is 0 Å². The molecule has 0 amide bonds. The van der Waals surface area contributed by atoms with Gasteiger partial charge in [0.1, 0.15) is 5.82 Å². The molecule has 182 valence electrons. The molecule has 0 spiro atoms. The van der Waals surface area contributed by atoms with Gasteiger partial charge in [0.15, 0.2) is 5.96 Å². The fourth-order valence-corrected chi connectivity index (χ4v) is 4.35. The number of halogens is 1. The number of rotatable bonds is 8. The monoisotopic (exact) mass is 572 g/mol. The molecule has 1 saturated heterocycles. The van der Waals surface area contributed by atoms with Gasteiger partial charge in [-0.05, 0) is 43.4 Å². The maximum absolute atomic E-state index is 4.88. The lowest BCUT2D eigenvalue weighted by Gasteiger charge is -2.33. The number of aromatic nitrogens is 2. The molecule has 0 aliphatic carbocycles. The van der Waals surface area contributed by atoms with Crippen molar-refractivity contribution in [3.05, 3.63) is 89.5 Å². The van der Waals surface area contributed by atoms with Crippen molar-refractivity contribution < 1.29 is 0 Å². The van der Waals surface area contributed by atoms with Gasteiger partial charge >= 0.3 is 0 Å². The first-order chi connectivity index (χ1) is 16.2. The Hall–Kier alpha value is -2.39. The van der Waals surface area contributed by atoms with Crippen LogP contribution >= 0.6 is 24.0 Å². The Morgan fingerprint density at radius 1 is 1.00 bits per heavy atom. The lowest BCUT2D eigenvalue weighted by atomic mass is 10.0. The molecule has 0 unspecified atom stereocenters. The molecule has 4 rings (SSSR count). The average molecular weight is 573 g/mol. The van der Waals surface area contributed by atoms with Gasteiger partial charge in [-0.25, -0.2) is 9.98 Å².